The molecule has 3 rings (SSSR count). The minimum Gasteiger partial charge on any atom is -0.512 e. The van der Waals surface area contributed by atoms with Crippen LogP contribution in [0.15, 0.2) is 60.4 Å². The van der Waals surface area contributed by atoms with Gasteiger partial charge in [-0.25, -0.2) is 4.39 Å². The fourth-order valence-electron chi connectivity index (χ4n) is 2.27. The molecule has 137 valence electrons. The van der Waals surface area contributed by atoms with Gasteiger partial charge in [0.1, 0.15) is 5.82 Å². The number of aryl methyl sites for hydroxylation is 1. The smallest absolute Gasteiger partial charge is 0.155 e. The summed E-state index contributed by atoms with van der Waals surface area (Å²) in [6, 6.07) is 17.5. The molecule has 1 aromatic heterocycles. The first-order valence-corrected chi connectivity index (χ1v) is 7.78. The number of nitrogens with zero attached hydrogens (tertiary/aromatic N) is 1. The molecular weight excluding hydrogens is 509 g/mol. The van der Waals surface area contributed by atoms with E-state index in [1.54, 1.807) is 6.07 Å². The molecule has 0 saturated carbocycles. The number of aliphatic hydroxyl groups is 1. The number of hydrogen-bond donors (Lipinski definition) is 1. The van der Waals surface area contributed by atoms with E-state index in [1.165, 1.54) is 37.6 Å². The van der Waals surface area contributed by atoms with E-state index in [1.807, 2.05) is 37.3 Å². The Morgan fingerprint density at radius 3 is 2.46 bits per heavy atom. The Balaban J connectivity index is 0.000000366. The van der Waals surface area contributed by atoms with Crippen molar-refractivity contribution >= 4 is 16.7 Å². The zero-order valence-corrected chi connectivity index (χ0v) is 17.1. The van der Waals surface area contributed by atoms with Crippen molar-refractivity contribution in [3.63, 3.8) is 0 Å². The first-order chi connectivity index (χ1) is 11.8. The molecule has 0 atom stereocenters. The molecule has 5 heteroatoms. The summed E-state index contributed by atoms with van der Waals surface area (Å²) in [4.78, 5) is 14.5. The first-order valence-electron chi connectivity index (χ1n) is 7.78. The zero-order chi connectivity index (χ0) is 18.4. The SMILES string of the molecule is CC(=O)/C=C(/C)O.Cc1cc[c-]c(-c2ccc3cc(F)ccc3n2)c1.[Ir]. The molecule has 0 spiro atoms. The quantitative estimate of drug-likeness (QED) is 0.283. The fraction of sp³-hybridized carbons (Fsp3) is 0.143. The molecule has 1 N–H and O–H groups in total. The molecule has 3 nitrogen and oxygen atoms in total. The molecule has 26 heavy (non-hydrogen) atoms. The summed E-state index contributed by atoms with van der Waals surface area (Å²) in [6.07, 6.45) is 1.17. The molecule has 2 aromatic carbocycles. The van der Waals surface area contributed by atoms with Crippen molar-refractivity contribution in [3.05, 3.63) is 77.8 Å². The number of hydrogen-bond acceptors (Lipinski definition) is 3. The molecule has 0 aliphatic carbocycles. The third-order valence-electron chi connectivity index (χ3n) is 3.30. The average molecular weight is 529 g/mol. The van der Waals surface area contributed by atoms with Gasteiger partial charge in [0.15, 0.2) is 5.78 Å². The number of carbonyl (C=O) groups is 1. The number of aromatic nitrogens is 1. The van der Waals surface area contributed by atoms with E-state index < -0.39 is 0 Å². The largest absolute Gasteiger partial charge is 0.512 e. The summed E-state index contributed by atoms with van der Waals surface area (Å²) in [5.74, 6) is -0.299. The van der Waals surface area contributed by atoms with Crippen LogP contribution in [-0.4, -0.2) is 15.9 Å². The Labute approximate surface area is 165 Å². The number of halogens is 1. The Bertz CT molecular complexity index is 934. The second-order valence-electron chi connectivity index (χ2n) is 5.71. The molecule has 0 aliphatic rings. The van der Waals surface area contributed by atoms with Crippen molar-refractivity contribution in [3.8, 4) is 11.3 Å². The van der Waals surface area contributed by atoms with E-state index in [2.05, 4.69) is 11.1 Å². The number of fused-ring (bicyclic) bond motifs is 1. The first kappa shape index (κ1) is 21.7. The van der Waals surface area contributed by atoms with E-state index in [0.717, 1.165) is 22.2 Å². The molecule has 0 saturated heterocycles. The van der Waals surface area contributed by atoms with Gasteiger partial charge in [-0.15, -0.1) is 35.4 Å². The van der Waals surface area contributed by atoms with Crippen LogP contribution in [-0.2, 0) is 24.9 Å². The van der Waals surface area contributed by atoms with Crippen LogP contribution in [0.4, 0.5) is 4.39 Å². The minimum atomic E-state index is -0.237. The van der Waals surface area contributed by atoms with Crippen molar-refractivity contribution in [1.29, 1.82) is 0 Å². The van der Waals surface area contributed by atoms with Gasteiger partial charge in [-0.3, -0.25) is 9.78 Å². The molecule has 1 radical (unpaired) electrons. The normalized spacial score (nSPS) is 10.5. The number of ketones is 1. The summed E-state index contributed by atoms with van der Waals surface area (Å²) in [5.41, 5.74) is 3.78. The van der Waals surface area contributed by atoms with Gasteiger partial charge in [0.2, 0.25) is 0 Å². The van der Waals surface area contributed by atoms with E-state index in [4.69, 9.17) is 5.11 Å². The third kappa shape index (κ3) is 6.51. The summed E-state index contributed by atoms with van der Waals surface area (Å²) < 4.78 is 13.1. The molecule has 0 unspecified atom stereocenters. The Hall–Kier alpha value is -2.36. The Morgan fingerprint density at radius 1 is 1.15 bits per heavy atom. The van der Waals surface area contributed by atoms with Crippen LogP contribution in [0.1, 0.15) is 19.4 Å². The molecule has 0 fully saturated rings. The van der Waals surface area contributed by atoms with Crippen LogP contribution < -0.4 is 0 Å². The zero-order valence-electron chi connectivity index (χ0n) is 14.7. The number of pyridine rings is 1. The van der Waals surface area contributed by atoms with Crippen molar-refractivity contribution in [2.75, 3.05) is 0 Å². The second-order valence-corrected chi connectivity index (χ2v) is 5.71. The van der Waals surface area contributed by atoms with E-state index in [0.29, 0.717) is 0 Å². The number of benzene rings is 2. The maximum atomic E-state index is 13.1. The van der Waals surface area contributed by atoms with Gasteiger partial charge in [-0.05, 0) is 37.7 Å². The monoisotopic (exact) mass is 529 g/mol. The van der Waals surface area contributed by atoms with Crippen molar-refractivity contribution < 1.29 is 34.4 Å². The van der Waals surface area contributed by atoms with Gasteiger partial charge in [0.05, 0.1) is 11.3 Å². The van der Waals surface area contributed by atoms with Crippen LogP contribution in [0, 0.1) is 18.8 Å². The number of rotatable bonds is 2. The molecule has 0 aliphatic heterocycles. The second kappa shape index (κ2) is 9.95. The number of carbonyl (C=O) groups excluding carboxylic acids is 1. The summed E-state index contributed by atoms with van der Waals surface area (Å²) >= 11 is 0. The van der Waals surface area contributed by atoms with Crippen molar-refractivity contribution in [2.24, 2.45) is 0 Å². The molecule has 0 amide bonds. The summed E-state index contributed by atoms with van der Waals surface area (Å²) in [5, 5.41) is 9.17. The van der Waals surface area contributed by atoms with Gasteiger partial charge in [0, 0.05) is 31.6 Å². The van der Waals surface area contributed by atoms with Crippen LogP contribution in [0.3, 0.4) is 0 Å². The maximum absolute atomic E-state index is 13.1. The van der Waals surface area contributed by atoms with Crippen molar-refractivity contribution in [1.82, 2.24) is 4.98 Å². The third-order valence-corrected chi connectivity index (χ3v) is 3.30. The topological polar surface area (TPSA) is 50.2 Å². The van der Waals surface area contributed by atoms with Crippen molar-refractivity contribution in [2.45, 2.75) is 20.8 Å². The summed E-state index contributed by atoms with van der Waals surface area (Å²) in [6.45, 7) is 4.88. The molecule has 3 aromatic rings. The van der Waals surface area contributed by atoms with E-state index in [-0.39, 0.29) is 37.5 Å². The minimum absolute atomic E-state index is 0. The predicted molar refractivity (Wildman–Crippen MR) is 97.8 cm³/mol. The number of allylic oxidation sites excluding steroid dienone is 2. The standard InChI is InChI=1S/C16H11FN.C5H8O2.Ir/c1-11-3-2-4-12(9-11)15-7-5-13-10-14(17)6-8-16(13)18-15;1-4(6)3-5(2)7;/h2-3,5-10H,1H3;3,6H,1-2H3;/q-1;;/b;4-3-;. The van der Waals surface area contributed by atoms with Crippen LogP contribution in [0.25, 0.3) is 22.2 Å². The van der Waals surface area contributed by atoms with Crippen LogP contribution in [0.5, 0.6) is 0 Å². The van der Waals surface area contributed by atoms with Gasteiger partial charge < -0.3 is 5.11 Å². The molecule has 0 bridgehead atoms. The van der Waals surface area contributed by atoms with Gasteiger partial charge in [-0.2, -0.15) is 0 Å². The molecular formula is C21H19FIrNO2-. The average Bonchev–Trinajstić information content (AvgIpc) is 2.53. The maximum Gasteiger partial charge on any atom is 0.155 e. The molecule has 1 heterocycles. The van der Waals surface area contributed by atoms with Gasteiger partial charge in [0.25, 0.3) is 0 Å². The van der Waals surface area contributed by atoms with Crippen LogP contribution >= 0.6 is 0 Å². The van der Waals surface area contributed by atoms with Gasteiger partial charge >= 0.3 is 0 Å². The fourth-order valence-corrected chi connectivity index (χ4v) is 2.27. The Kier molecular flexibility index (Phi) is 8.30. The Morgan fingerprint density at radius 2 is 1.88 bits per heavy atom. The van der Waals surface area contributed by atoms with Crippen LogP contribution in [0.2, 0.25) is 0 Å². The van der Waals surface area contributed by atoms with Gasteiger partial charge in [-0.1, -0.05) is 19.1 Å². The van der Waals surface area contributed by atoms with E-state index in [9.17, 15) is 9.18 Å². The summed E-state index contributed by atoms with van der Waals surface area (Å²) in [7, 11) is 0. The number of aliphatic hydroxyl groups excluding tert-OH is 1. The van der Waals surface area contributed by atoms with E-state index >= 15 is 0 Å². The predicted octanol–water partition coefficient (Wildman–Crippen LogP) is 5.18.